The van der Waals surface area contributed by atoms with E-state index in [1.165, 1.54) is 29.5 Å². The maximum Gasteiger partial charge on any atom is 0.150 e. The molecule has 2 aliphatic heterocycles. The number of morpholine rings is 1. The summed E-state index contributed by atoms with van der Waals surface area (Å²) in [4.78, 5) is 7.08. The average Bonchev–Trinajstić information content (AvgIpc) is 2.94. The SMILES string of the molecule is CC.Cc1cn(S)c2ncc(N3C4CCC3COC4)cc12. The molecule has 0 radical (unpaired) electrons. The number of thiol groups is 1. The molecule has 5 heteroatoms. The van der Waals surface area contributed by atoms with Gasteiger partial charge in [-0.1, -0.05) is 26.7 Å². The Bertz CT molecular complexity index is 624. The van der Waals surface area contributed by atoms with E-state index in [1.807, 2.05) is 26.2 Å². The maximum absolute atomic E-state index is 5.65. The predicted octanol–water partition coefficient (Wildman–Crippen LogP) is 3.43. The number of pyridine rings is 1. The van der Waals surface area contributed by atoms with Gasteiger partial charge in [0.2, 0.25) is 0 Å². The predicted molar refractivity (Wildman–Crippen MR) is 90.3 cm³/mol. The second kappa shape index (κ2) is 5.89. The van der Waals surface area contributed by atoms with Gasteiger partial charge >= 0.3 is 0 Å². The summed E-state index contributed by atoms with van der Waals surface area (Å²) in [5.74, 6) is 0. The van der Waals surface area contributed by atoms with Crippen molar-refractivity contribution >= 4 is 29.5 Å². The topological polar surface area (TPSA) is 30.3 Å². The first kappa shape index (κ1) is 14.7. The fourth-order valence-corrected chi connectivity index (χ4v) is 3.76. The van der Waals surface area contributed by atoms with Gasteiger partial charge in [-0.15, -0.1) is 0 Å². The van der Waals surface area contributed by atoms with Crippen LogP contribution < -0.4 is 4.90 Å². The van der Waals surface area contributed by atoms with Crippen LogP contribution in [0, 0.1) is 6.92 Å². The van der Waals surface area contributed by atoms with Gasteiger partial charge in [0.1, 0.15) is 5.65 Å². The number of rotatable bonds is 1. The first-order chi connectivity index (χ1) is 10.2. The van der Waals surface area contributed by atoms with Crippen LogP contribution in [-0.4, -0.2) is 34.3 Å². The Labute approximate surface area is 131 Å². The molecule has 2 atom stereocenters. The van der Waals surface area contributed by atoms with Crippen LogP contribution in [0.3, 0.4) is 0 Å². The minimum Gasteiger partial charge on any atom is -0.377 e. The summed E-state index contributed by atoms with van der Waals surface area (Å²) in [5, 5.41) is 1.19. The third-order valence-electron chi connectivity index (χ3n) is 4.35. The van der Waals surface area contributed by atoms with Crippen LogP contribution in [0.1, 0.15) is 32.3 Å². The Balaban J connectivity index is 0.000000636. The molecule has 0 amide bonds. The zero-order valence-electron chi connectivity index (χ0n) is 12.9. The van der Waals surface area contributed by atoms with Gasteiger partial charge < -0.3 is 9.64 Å². The summed E-state index contributed by atoms with van der Waals surface area (Å²) in [6.45, 7) is 7.80. The van der Waals surface area contributed by atoms with Crippen LogP contribution in [0.15, 0.2) is 18.5 Å². The van der Waals surface area contributed by atoms with Gasteiger partial charge in [0, 0.05) is 11.6 Å². The van der Waals surface area contributed by atoms with Crippen molar-refractivity contribution in [1.29, 1.82) is 0 Å². The molecule has 4 nitrogen and oxygen atoms in total. The number of anilines is 1. The second-order valence-electron chi connectivity index (χ2n) is 5.55. The Kier molecular flexibility index (Phi) is 4.13. The van der Waals surface area contributed by atoms with Crippen molar-refractivity contribution in [3.8, 4) is 0 Å². The highest BCUT2D eigenvalue weighted by atomic mass is 32.1. The van der Waals surface area contributed by atoms with E-state index in [2.05, 4.69) is 35.7 Å². The molecule has 4 heterocycles. The smallest absolute Gasteiger partial charge is 0.150 e. The minimum absolute atomic E-state index is 0.524. The summed E-state index contributed by atoms with van der Waals surface area (Å²) < 4.78 is 7.44. The molecular formula is C16H23N3OS. The summed E-state index contributed by atoms with van der Waals surface area (Å²) in [7, 11) is 0. The van der Waals surface area contributed by atoms with Gasteiger partial charge in [0.05, 0.1) is 37.2 Å². The first-order valence-electron chi connectivity index (χ1n) is 7.77. The number of fused-ring (bicyclic) bond motifs is 3. The van der Waals surface area contributed by atoms with Gasteiger partial charge in [0.15, 0.2) is 0 Å². The van der Waals surface area contributed by atoms with E-state index in [4.69, 9.17) is 4.74 Å². The summed E-state index contributed by atoms with van der Waals surface area (Å²) in [5.41, 5.74) is 3.39. The lowest BCUT2D eigenvalue weighted by Crippen LogP contribution is -2.45. The Hall–Kier alpha value is -1.20. The molecule has 0 saturated carbocycles. The Morgan fingerprint density at radius 3 is 2.57 bits per heavy atom. The number of hydrogen-bond donors (Lipinski definition) is 1. The Morgan fingerprint density at radius 2 is 1.90 bits per heavy atom. The van der Waals surface area contributed by atoms with Crippen molar-refractivity contribution in [2.45, 2.75) is 45.7 Å². The third-order valence-corrected chi connectivity index (χ3v) is 4.65. The summed E-state index contributed by atoms with van der Waals surface area (Å²) >= 11 is 4.40. The van der Waals surface area contributed by atoms with E-state index < -0.39 is 0 Å². The molecule has 0 N–H and O–H groups in total. The van der Waals surface area contributed by atoms with Crippen molar-refractivity contribution in [2.24, 2.45) is 0 Å². The fraction of sp³-hybridized carbons (Fsp3) is 0.562. The largest absolute Gasteiger partial charge is 0.377 e. The van der Waals surface area contributed by atoms with Crippen LogP contribution in [0.4, 0.5) is 5.69 Å². The van der Waals surface area contributed by atoms with E-state index in [0.717, 1.165) is 18.9 Å². The zero-order valence-corrected chi connectivity index (χ0v) is 13.8. The van der Waals surface area contributed by atoms with E-state index in [9.17, 15) is 0 Å². The van der Waals surface area contributed by atoms with Crippen molar-refractivity contribution in [3.05, 3.63) is 24.0 Å². The molecule has 0 aromatic carbocycles. The van der Waals surface area contributed by atoms with E-state index >= 15 is 0 Å². The average molecular weight is 305 g/mol. The normalized spacial score (nSPS) is 24.1. The number of nitrogens with zero attached hydrogens (tertiary/aromatic N) is 3. The molecule has 2 aliphatic rings. The highest BCUT2D eigenvalue weighted by Crippen LogP contribution is 2.35. The Morgan fingerprint density at radius 1 is 1.24 bits per heavy atom. The molecule has 4 rings (SSSR count). The number of hydrogen-bond acceptors (Lipinski definition) is 4. The molecule has 2 aromatic heterocycles. The standard InChI is InChI=1S/C14H17N3OS.C2H6/c1-9-6-16(19)14-13(9)4-12(5-15-14)17-10-2-3-11(17)8-18-7-10;1-2/h4-6,10-11,19H,2-3,7-8H2,1H3;1-2H3. The van der Waals surface area contributed by atoms with E-state index in [0.29, 0.717) is 12.1 Å². The monoisotopic (exact) mass is 305 g/mol. The van der Waals surface area contributed by atoms with Gasteiger partial charge in [0.25, 0.3) is 0 Å². The fourth-order valence-electron chi connectivity index (χ4n) is 3.42. The van der Waals surface area contributed by atoms with Crippen LogP contribution in [-0.2, 0) is 4.74 Å². The van der Waals surface area contributed by atoms with Crippen molar-refractivity contribution in [2.75, 3.05) is 18.1 Å². The van der Waals surface area contributed by atoms with Crippen molar-refractivity contribution < 1.29 is 4.74 Å². The lowest BCUT2D eigenvalue weighted by molar-refractivity contribution is 0.0906. The number of aromatic nitrogens is 2. The molecule has 0 aliphatic carbocycles. The van der Waals surface area contributed by atoms with Crippen molar-refractivity contribution in [3.63, 3.8) is 0 Å². The van der Waals surface area contributed by atoms with Crippen molar-refractivity contribution in [1.82, 2.24) is 8.96 Å². The quantitative estimate of drug-likeness (QED) is 0.819. The molecule has 21 heavy (non-hydrogen) atoms. The maximum atomic E-state index is 5.65. The van der Waals surface area contributed by atoms with Crippen LogP contribution in [0.2, 0.25) is 0 Å². The first-order valence-corrected chi connectivity index (χ1v) is 8.17. The lowest BCUT2D eigenvalue weighted by Gasteiger charge is -2.36. The molecule has 2 aromatic rings. The highest BCUT2D eigenvalue weighted by Gasteiger charge is 2.37. The molecule has 114 valence electrons. The minimum atomic E-state index is 0.524. The zero-order chi connectivity index (χ0) is 15.0. The van der Waals surface area contributed by atoms with E-state index in [1.54, 1.807) is 3.97 Å². The summed E-state index contributed by atoms with van der Waals surface area (Å²) in [6, 6.07) is 3.30. The third kappa shape index (κ3) is 2.42. The van der Waals surface area contributed by atoms with Gasteiger partial charge in [-0.2, -0.15) is 0 Å². The second-order valence-corrected chi connectivity index (χ2v) is 5.98. The van der Waals surface area contributed by atoms with Gasteiger partial charge in [-0.3, -0.25) is 3.97 Å². The van der Waals surface area contributed by atoms with Gasteiger partial charge in [-0.25, -0.2) is 4.98 Å². The molecule has 2 bridgehead atoms. The molecule has 2 fully saturated rings. The van der Waals surface area contributed by atoms with Crippen LogP contribution in [0.25, 0.3) is 11.0 Å². The lowest BCUT2D eigenvalue weighted by atomic mass is 10.2. The molecular weight excluding hydrogens is 282 g/mol. The highest BCUT2D eigenvalue weighted by molar-refractivity contribution is 7.78. The van der Waals surface area contributed by atoms with E-state index in [-0.39, 0.29) is 0 Å². The number of ether oxygens (including phenoxy) is 1. The van der Waals surface area contributed by atoms with Crippen LogP contribution in [0.5, 0.6) is 0 Å². The summed E-state index contributed by atoms with van der Waals surface area (Å²) in [6.07, 6.45) is 6.45. The number of aryl methyl sites for hydroxylation is 1. The van der Waals surface area contributed by atoms with Crippen LogP contribution >= 0.6 is 12.8 Å². The molecule has 2 unspecified atom stereocenters. The van der Waals surface area contributed by atoms with Gasteiger partial charge in [-0.05, 0) is 31.4 Å². The molecule has 2 saturated heterocycles. The molecule has 0 spiro atoms.